The topological polar surface area (TPSA) is 69.1 Å². The van der Waals surface area contributed by atoms with Gasteiger partial charge in [0.05, 0.1) is 0 Å². The van der Waals surface area contributed by atoms with Gasteiger partial charge in [-0.3, -0.25) is 4.79 Å². The van der Waals surface area contributed by atoms with Crippen LogP contribution < -0.4 is 11.5 Å². The fourth-order valence-corrected chi connectivity index (χ4v) is 0.305. The van der Waals surface area contributed by atoms with Crippen LogP contribution in [-0.2, 0) is 4.79 Å². The van der Waals surface area contributed by atoms with Crippen LogP contribution in [0.5, 0.6) is 0 Å². The van der Waals surface area contributed by atoms with Crippen molar-refractivity contribution in [2.45, 2.75) is 18.8 Å². The van der Waals surface area contributed by atoms with E-state index in [4.69, 9.17) is 0 Å². The number of carbonyl (C=O) groups is 1. The highest BCUT2D eigenvalue weighted by Gasteiger charge is 2.46. The third kappa shape index (κ3) is 2.32. The van der Waals surface area contributed by atoms with Crippen molar-refractivity contribution in [1.29, 1.82) is 0 Å². The Morgan fingerprint density at radius 2 is 1.60 bits per heavy atom. The summed E-state index contributed by atoms with van der Waals surface area (Å²) < 4.78 is 34.3. The first-order valence-electron chi connectivity index (χ1n) is 2.35. The van der Waals surface area contributed by atoms with Gasteiger partial charge in [-0.2, -0.15) is 13.2 Å². The number of hydrogen-bond donors (Lipinski definition) is 2. The Morgan fingerprint density at radius 3 is 1.60 bits per heavy atom. The van der Waals surface area contributed by atoms with E-state index in [1.165, 1.54) is 0 Å². The molecule has 0 saturated heterocycles. The van der Waals surface area contributed by atoms with Crippen LogP contribution in [0, 0.1) is 0 Å². The SMILES string of the molecule is CC(N)(N)C(=O)C(F)(F)F. The predicted molar refractivity (Wildman–Crippen MR) is 27.8 cm³/mol. The molecule has 0 aromatic heterocycles. The van der Waals surface area contributed by atoms with Crippen LogP contribution >= 0.6 is 0 Å². The van der Waals surface area contributed by atoms with Gasteiger partial charge in [-0.25, -0.2) is 0 Å². The van der Waals surface area contributed by atoms with Crippen molar-refractivity contribution in [1.82, 2.24) is 0 Å². The molecule has 0 fully saturated rings. The predicted octanol–water partition coefficient (Wildman–Crippen LogP) is -0.249. The van der Waals surface area contributed by atoms with Gasteiger partial charge >= 0.3 is 6.18 Å². The molecule has 60 valence electrons. The minimum atomic E-state index is -4.95. The van der Waals surface area contributed by atoms with Crippen LogP contribution in [0.3, 0.4) is 0 Å². The highest BCUT2D eigenvalue weighted by Crippen LogP contribution is 2.19. The zero-order valence-electron chi connectivity index (χ0n) is 5.20. The minimum Gasteiger partial charge on any atom is -0.307 e. The summed E-state index contributed by atoms with van der Waals surface area (Å²) in [5, 5.41) is 0. The van der Waals surface area contributed by atoms with E-state index in [0.29, 0.717) is 0 Å². The molecule has 0 atom stereocenters. The van der Waals surface area contributed by atoms with Crippen molar-refractivity contribution in [2.24, 2.45) is 11.5 Å². The fraction of sp³-hybridized carbons (Fsp3) is 0.750. The lowest BCUT2D eigenvalue weighted by Gasteiger charge is -2.17. The summed E-state index contributed by atoms with van der Waals surface area (Å²) >= 11 is 0. The average Bonchev–Trinajstić information content (AvgIpc) is 1.59. The lowest BCUT2D eigenvalue weighted by molar-refractivity contribution is -0.176. The molecule has 0 heterocycles. The number of nitrogens with two attached hydrogens (primary N) is 2. The lowest BCUT2D eigenvalue weighted by atomic mass is 10.1. The molecule has 0 radical (unpaired) electrons. The molecule has 0 rings (SSSR count). The van der Waals surface area contributed by atoms with E-state index in [1.807, 2.05) is 0 Å². The standard InChI is InChI=1S/C4H7F3N2O/c1-3(8,9)2(10)4(5,6)7/h8-9H2,1H3. The molecule has 0 bridgehead atoms. The molecule has 6 heteroatoms. The summed E-state index contributed by atoms with van der Waals surface area (Å²) in [6.45, 7) is 0.794. The third-order valence-electron chi connectivity index (χ3n) is 0.747. The molecule has 0 spiro atoms. The van der Waals surface area contributed by atoms with Gasteiger partial charge in [-0.05, 0) is 6.92 Å². The van der Waals surface area contributed by atoms with Crippen molar-refractivity contribution in [3.63, 3.8) is 0 Å². The Kier molecular flexibility index (Phi) is 2.07. The molecule has 0 saturated carbocycles. The summed E-state index contributed by atoms with van der Waals surface area (Å²) in [7, 11) is 0. The van der Waals surface area contributed by atoms with Crippen molar-refractivity contribution >= 4 is 5.78 Å². The molecular formula is C4H7F3N2O. The van der Waals surface area contributed by atoms with Gasteiger partial charge in [0.2, 0.25) is 0 Å². The molecule has 4 N–H and O–H groups in total. The smallest absolute Gasteiger partial charge is 0.307 e. The molecular weight excluding hydrogens is 149 g/mol. The second-order valence-electron chi connectivity index (χ2n) is 2.11. The van der Waals surface area contributed by atoms with E-state index in [-0.39, 0.29) is 0 Å². The zero-order chi connectivity index (χ0) is 8.58. The van der Waals surface area contributed by atoms with E-state index in [1.54, 1.807) is 0 Å². The van der Waals surface area contributed by atoms with Gasteiger partial charge < -0.3 is 11.5 Å². The number of alkyl halides is 3. The second-order valence-corrected chi connectivity index (χ2v) is 2.11. The van der Waals surface area contributed by atoms with Crippen molar-refractivity contribution < 1.29 is 18.0 Å². The molecule has 0 aliphatic carbocycles. The van der Waals surface area contributed by atoms with Crippen LogP contribution in [0.25, 0.3) is 0 Å². The maximum absolute atomic E-state index is 11.4. The number of Topliss-reactive ketones (excluding diaryl/α,β-unsaturated/α-hetero) is 1. The van der Waals surface area contributed by atoms with E-state index in [0.717, 1.165) is 6.92 Å². The summed E-state index contributed by atoms with van der Waals surface area (Å²) in [4.78, 5) is 10.1. The van der Waals surface area contributed by atoms with Crippen molar-refractivity contribution in [3.05, 3.63) is 0 Å². The molecule has 0 amide bonds. The van der Waals surface area contributed by atoms with E-state index in [9.17, 15) is 18.0 Å². The van der Waals surface area contributed by atoms with Crippen LogP contribution in [0.15, 0.2) is 0 Å². The van der Waals surface area contributed by atoms with Gasteiger partial charge in [0.15, 0.2) is 0 Å². The van der Waals surface area contributed by atoms with E-state index >= 15 is 0 Å². The van der Waals surface area contributed by atoms with Crippen LogP contribution in [0.4, 0.5) is 13.2 Å². The zero-order valence-corrected chi connectivity index (χ0v) is 5.20. The third-order valence-corrected chi connectivity index (χ3v) is 0.747. The Bertz CT molecular complexity index is 130. The van der Waals surface area contributed by atoms with Crippen LogP contribution in [0.1, 0.15) is 6.92 Å². The van der Waals surface area contributed by atoms with Crippen molar-refractivity contribution in [3.8, 4) is 0 Å². The van der Waals surface area contributed by atoms with Gasteiger partial charge in [-0.15, -0.1) is 0 Å². The monoisotopic (exact) mass is 156 g/mol. The van der Waals surface area contributed by atoms with Gasteiger partial charge in [0.1, 0.15) is 5.66 Å². The maximum Gasteiger partial charge on any atom is 0.453 e. The fourth-order valence-electron chi connectivity index (χ4n) is 0.305. The van der Waals surface area contributed by atoms with Crippen LogP contribution in [0.2, 0.25) is 0 Å². The molecule has 0 unspecified atom stereocenters. The lowest BCUT2D eigenvalue weighted by Crippen LogP contribution is -2.58. The maximum atomic E-state index is 11.4. The first-order chi connectivity index (χ1) is 4.15. The number of rotatable bonds is 1. The molecule has 0 aromatic carbocycles. The average molecular weight is 156 g/mol. The van der Waals surface area contributed by atoms with Gasteiger partial charge in [-0.1, -0.05) is 0 Å². The molecule has 0 aromatic rings. The first kappa shape index (κ1) is 9.38. The molecule has 0 aliphatic heterocycles. The summed E-state index contributed by atoms with van der Waals surface area (Å²) in [6.07, 6.45) is -4.95. The van der Waals surface area contributed by atoms with Crippen LogP contribution in [-0.4, -0.2) is 17.6 Å². The Balaban J connectivity index is 4.40. The number of carbonyl (C=O) groups excluding carboxylic acids is 1. The summed E-state index contributed by atoms with van der Waals surface area (Å²) in [6, 6.07) is 0. The normalized spacial score (nSPS) is 13.4. The van der Waals surface area contributed by atoms with Crippen molar-refractivity contribution in [2.75, 3.05) is 0 Å². The summed E-state index contributed by atoms with van der Waals surface area (Å²) in [5.41, 5.74) is 7.03. The quantitative estimate of drug-likeness (QED) is 0.514. The molecule has 10 heavy (non-hydrogen) atoms. The van der Waals surface area contributed by atoms with E-state index < -0.39 is 17.6 Å². The van der Waals surface area contributed by atoms with Gasteiger partial charge in [0, 0.05) is 0 Å². The first-order valence-corrected chi connectivity index (χ1v) is 2.35. The second kappa shape index (κ2) is 2.21. The Labute approximate surface area is 55.2 Å². The Hall–Kier alpha value is -0.620. The highest BCUT2D eigenvalue weighted by atomic mass is 19.4. The highest BCUT2D eigenvalue weighted by molar-refractivity contribution is 5.91. The van der Waals surface area contributed by atoms with E-state index in [2.05, 4.69) is 11.5 Å². The van der Waals surface area contributed by atoms with Gasteiger partial charge in [0.25, 0.3) is 5.78 Å². The summed E-state index contributed by atoms with van der Waals surface area (Å²) in [5.74, 6) is -2.12. The number of ketones is 1. The largest absolute Gasteiger partial charge is 0.453 e. The number of hydrogen-bond acceptors (Lipinski definition) is 3. The number of halogens is 3. The molecule has 0 aliphatic rings. The molecule has 3 nitrogen and oxygen atoms in total. The Morgan fingerprint density at radius 1 is 1.30 bits per heavy atom. The minimum absolute atomic E-state index is 0.794.